The molecule has 8 heteroatoms. The first-order valence-corrected chi connectivity index (χ1v) is 9.38. The Balaban J connectivity index is 1.63. The average molecular weight is 420 g/mol. The average Bonchev–Trinajstić information content (AvgIpc) is 2.79. The molecular formula is C23H17FN2O5. The third kappa shape index (κ3) is 4.09. The number of fused-ring (bicyclic) bond motifs is 1. The van der Waals surface area contributed by atoms with E-state index in [0.717, 1.165) is 12.1 Å². The molecule has 0 bridgehead atoms. The van der Waals surface area contributed by atoms with E-state index in [1.54, 1.807) is 30.3 Å². The van der Waals surface area contributed by atoms with Crippen LogP contribution >= 0.6 is 0 Å². The second-order valence-electron chi connectivity index (χ2n) is 6.75. The predicted molar refractivity (Wildman–Crippen MR) is 110 cm³/mol. The molecule has 7 nitrogen and oxygen atoms in total. The van der Waals surface area contributed by atoms with Gasteiger partial charge in [-0.2, -0.15) is 0 Å². The van der Waals surface area contributed by atoms with Crippen molar-refractivity contribution in [3.05, 3.63) is 88.7 Å². The predicted octanol–water partition coefficient (Wildman–Crippen LogP) is 3.18. The van der Waals surface area contributed by atoms with Crippen LogP contribution in [-0.4, -0.2) is 30.8 Å². The summed E-state index contributed by atoms with van der Waals surface area (Å²) in [5.41, 5.74) is 5.59. The fraction of sp³-hybridized carbons (Fsp3) is 0.0870. The molecule has 0 radical (unpaired) electrons. The molecular weight excluding hydrogens is 403 g/mol. The zero-order valence-electron chi connectivity index (χ0n) is 16.2. The summed E-state index contributed by atoms with van der Waals surface area (Å²) in [5, 5.41) is 2.57. The van der Waals surface area contributed by atoms with E-state index in [1.165, 1.54) is 18.2 Å². The first-order valence-electron chi connectivity index (χ1n) is 9.38. The quantitative estimate of drug-likeness (QED) is 0.617. The van der Waals surface area contributed by atoms with Gasteiger partial charge in [-0.05, 0) is 42.5 Å². The Bertz CT molecular complexity index is 1210. The Morgan fingerprint density at radius 2 is 1.55 bits per heavy atom. The molecule has 1 heterocycles. The number of primary amides is 1. The van der Waals surface area contributed by atoms with E-state index in [1.807, 2.05) is 0 Å². The molecule has 3 N–H and O–H groups in total. The lowest BCUT2D eigenvalue weighted by atomic mass is 9.97. The minimum Gasteiger partial charge on any atom is -0.486 e. The van der Waals surface area contributed by atoms with Crippen molar-refractivity contribution in [2.24, 2.45) is 5.73 Å². The van der Waals surface area contributed by atoms with Crippen molar-refractivity contribution in [3.63, 3.8) is 0 Å². The molecule has 31 heavy (non-hydrogen) atoms. The van der Waals surface area contributed by atoms with Gasteiger partial charge in [0, 0.05) is 16.8 Å². The second kappa shape index (κ2) is 8.27. The lowest BCUT2D eigenvalue weighted by Gasteiger charge is -2.18. The monoisotopic (exact) mass is 420 g/mol. The second-order valence-corrected chi connectivity index (χ2v) is 6.75. The van der Waals surface area contributed by atoms with Crippen LogP contribution in [0.4, 0.5) is 10.1 Å². The number of ketones is 1. The molecule has 0 saturated heterocycles. The number of carbonyl (C=O) groups excluding carboxylic acids is 3. The number of hydrogen-bond acceptors (Lipinski definition) is 5. The van der Waals surface area contributed by atoms with Gasteiger partial charge in [0.2, 0.25) is 0 Å². The molecule has 0 aliphatic carbocycles. The topological polar surface area (TPSA) is 108 Å². The maximum atomic E-state index is 13.7. The van der Waals surface area contributed by atoms with Crippen LogP contribution in [-0.2, 0) is 0 Å². The van der Waals surface area contributed by atoms with Crippen molar-refractivity contribution in [3.8, 4) is 11.5 Å². The fourth-order valence-electron chi connectivity index (χ4n) is 3.21. The standard InChI is InChI=1S/C23H17FN2O5/c24-18-7-6-14(12-17(18)22(25)28)26-23(29)16-4-2-1-3-15(16)21(27)13-5-8-19-20(11-13)31-10-9-30-19/h1-8,11-12H,9-10H2,(H2,25,28)(H,26,29). The number of nitrogens with one attached hydrogen (secondary N) is 1. The van der Waals surface area contributed by atoms with Crippen molar-refractivity contribution >= 4 is 23.3 Å². The van der Waals surface area contributed by atoms with Crippen molar-refractivity contribution in [2.75, 3.05) is 18.5 Å². The Morgan fingerprint density at radius 1 is 0.839 bits per heavy atom. The lowest BCUT2D eigenvalue weighted by molar-refractivity contribution is 0.0991. The Labute approximate surface area is 176 Å². The molecule has 4 rings (SSSR count). The van der Waals surface area contributed by atoms with Gasteiger partial charge in [0.05, 0.1) is 11.1 Å². The van der Waals surface area contributed by atoms with Gasteiger partial charge in [0.25, 0.3) is 11.8 Å². The summed E-state index contributed by atoms with van der Waals surface area (Å²) < 4.78 is 24.7. The van der Waals surface area contributed by atoms with Gasteiger partial charge in [-0.15, -0.1) is 0 Å². The first kappa shape index (κ1) is 20.1. The summed E-state index contributed by atoms with van der Waals surface area (Å²) >= 11 is 0. The number of hydrogen-bond donors (Lipinski definition) is 2. The largest absolute Gasteiger partial charge is 0.486 e. The number of ether oxygens (including phenoxy) is 2. The molecule has 1 aliphatic heterocycles. The fourth-order valence-corrected chi connectivity index (χ4v) is 3.21. The third-order valence-electron chi connectivity index (χ3n) is 4.71. The van der Waals surface area contributed by atoms with Crippen LogP contribution in [0.1, 0.15) is 36.6 Å². The molecule has 1 aliphatic rings. The molecule has 0 spiro atoms. The van der Waals surface area contributed by atoms with Crippen LogP contribution in [0.25, 0.3) is 0 Å². The highest BCUT2D eigenvalue weighted by molar-refractivity contribution is 6.18. The molecule has 3 aromatic rings. The highest BCUT2D eigenvalue weighted by Gasteiger charge is 2.21. The highest BCUT2D eigenvalue weighted by Crippen LogP contribution is 2.31. The smallest absolute Gasteiger partial charge is 0.256 e. The first-order chi connectivity index (χ1) is 14.9. The van der Waals surface area contributed by atoms with Gasteiger partial charge in [-0.3, -0.25) is 14.4 Å². The Hall–Kier alpha value is -4.20. The summed E-state index contributed by atoms with van der Waals surface area (Å²) in [4.78, 5) is 37.3. The summed E-state index contributed by atoms with van der Waals surface area (Å²) in [6.45, 7) is 0.818. The van der Waals surface area contributed by atoms with Crippen molar-refractivity contribution in [2.45, 2.75) is 0 Å². The molecule has 0 atom stereocenters. The summed E-state index contributed by atoms with van der Waals surface area (Å²) in [7, 11) is 0. The van der Waals surface area contributed by atoms with E-state index in [4.69, 9.17) is 15.2 Å². The van der Waals surface area contributed by atoms with E-state index >= 15 is 0 Å². The van der Waals surface area contributed by atoms with Gasteiger partial charge < -0.3 is 20.5 Å². The third-order valence-corrected chi connectivity index (χ3v) is 4.71. The van der Waals surface area contributed by atoms with Crippen LogP contribution in [0.3, 0.4) is 0 Å². The van der Waals surface area contributed by atoms with E-state index < -0.39 is 17.6 Å². The van der Waals surface area contributed by atoms with E-state index in [0.29, 0.717) is 30.3 Å². The van der Waals surface area contributed by atoms with Gasteiger partial charge >= 0.3 is 0 Å². The number of rotatable bonds is 5. The maximum absolute atomic E-state index is 13.7. The van der Waals surface area contributed by atoms with Gasteiger partial charge in [-0.25, -0.2) is 4.39 Å². The highest BCUT2D eigenvalue weighted by atomic mass is 19.1. The van der Waals surface area contributed by atoms with E-state index in [2.05, 4.69) is 5.32 Å². The number of anilines is 1. The van der Waals surface area contributed by atoms with E-state index in [9.17, 15) is 18.8 Å². The number of benzene rings is 3. The van der Waals surface area contributed by atoms with Crippen molar-refractivity contribution in [1.29, 1.82) is 0 Å². The van der Waals surface area contributed by atoms with Crippen LogP contribution in [0.5, 0.6) is 11.5 Å². The molecule has 3 aromatic carbocycles. The summed E-state index contributed by atoms with van der Waals surface area (Å²) in [6, 6.07) is 14.6. The van der Waals surface area contributed by atoms with Gasteiger partial charge in [0.1, 0.15) is 19.0 Å². The number of nitrogens with two attached hydrogens (primary N) is 1. The zero-order chi connectivity index (χ0) is 22.0. The van der Waals surface area contributed by atoms with Crippen LogP contribution in [0.2, 0.25) is 0 Å². The lowest BCUT2D eigenvalue weighted by Crippen LogP contribution is -2.19. The SMILES string of the molecule is NC(=O)c1cc(NC(=O)c2ccccc2C(=O)c2ccc3c(c2)OCCO3)ccc1F. The molecule has 0 unspecified atom stereocenters. The van der Waals surface area contributed by atoms with Crippen LogP contribution < -0.4 is 20.5 Å². The minimum atomic E-state index is -0.956. The zero-order valence-corrected chi connectivity index (χ0v) is 16.2. The molecule has 2 amide bonds. The van der Waals surface area contributed by atoms with Gasteiger partial charge in [-0.1, -0.05) is 18.2 Å². The van der Waals surface area contributed by atoms with Crippen molar-refractivity contribution < 1.29 is 28.2 Å². The van der Waals surface area contributed by atoms with Crippen LogP contribution in [0.15, 0.2) is 60.7 Å². The molecule has 0 fully saturated rings. The van der Waals surface area contributed by atoms with Crippen molar-refractivity contribution in [1.82, 2.24) is 0 Å². The summed E-state index contributed by atoms with van der Waals surface area (Å²) in [5.74, 6) is -1.70. The number of halogens is 1. The normalized spacial score (nSPS) is 12.2. The maximum Gasteiger partial charge on any atom is 0.256 e. The molecule has 0 saturated carbocycles. The Kier molecular flexibility index (Phi) is 5.36. The van der Waals surface area contributed by atoms with Gasteiger partial charge in [0.15, 0.2) is 17.3 Å². The minimum absolute atomic E-state index is 0.118. The number of carbonyl (C=O) groups is 3. The molecule has 156 valence electrons. The summed E-state index contributed by atoms with van der Waals surface area (Å²) in [6.07, 6.45) is 0. The van der Waals surface area contributed by atoms with E-state index in [-0.39, 0.29) is 28.2 Å². The number of amides is 2. The Morgan fingerprint density at radius 3 is 2.29 bits per heavy atom. The van der Waals surface area contributed by atoms with Crippen LogP contribution in [0, 0.1) is 5.82 Å². The molecule has 0 aromatic heterocycles.